The number of carbonyl (C=O) groups excluding carboxylic acids is 1. The molecule has 36 heavy (non-hydrogen) atoms. The average Bonchev–Trinajstić information content (AvgIpc) is 2.91. The van der Waals surface area contributed by atoms with E-state index in [1.165, 1.54) is 5.69 Å². The molecule has 2 aromatic carbocycles. The van der Waals surface area contributed by atoms with E-state index in [2.05, 4.69) is 43.0 Å². The molecule has 0 radical (unpaired) electrons. The van der Waals surface area contributed by atoms with Gasteiger partial charge in [-0.1, -0.05) is 31.0 Å². The van der Waals surface area contributed by atoms with Gasteiger partial charge in [0.25, 0.3) is 0 Å². The average molecular weight is 493 g/mol. The van der Waals surface area contributed by atoms with Gasteiger partial charge in [-0.05, 0) is 74.6 Å². The van der Waals surface area contributed by atoms with Crippen molar-refractivity contribution in [2.75, 3.05) is 38.8 Å². The largest absolute Gasteiger partial charge is 0.493 e. The fourth-order valence-electron chi connectivity index (χ4n) is 6.03. The van der Waals surface area contributed by atoms with Gasteiger partial charge in [-0.15, -0.1) is 0 Å². The third kappa shape index (κ3) is 5.24. The number of hydrogen-bond acceptors (Lipinski definition) is 5. The molecule has 1 N–H and O–H groups in total. The number of aliphatic hydroxyl groups is 1. The molecule has 1 amide bonds. The summed E-state index contributed by atoms with van der Waals surface area (Å²) in [6.07, 6.45) is 7.98. The van der Waals surface area contributed by atoms with Crippen LogP contribution in [0.4, 0.5) is 5.69 Å². The Balaban J connectivity index is 1.63. The first-order valence-electron chi connectivity index (χ1n) is 13.2. The molecule has 1 saturated carbocycles. The van der Waals surface area contributed by atoms with Gasteiger partial charge in [0.05, 0.1) is 25.9 Å². The van der Waals surface area contributed by atoms with Gasteiger partial charge in [-0.2, -0.15) is 0 Å². The van der Waals surface area contributed by atoms with E-state index in [1.807, 2.05) is 29.2 Å². The van der Waals surface area contributed by atoms with Crippen LogP contribution in [0.15, 0.2) is 48.5 Å². The molecular formula is C30H40N2O4. The number of anilines is 1. The Labute approximate surface area is 215 Å². The Hall–Kier alpha value is -2.99. The van der Waals surface area contributed by atoms with Crippen molar-refractivity contribution in [3.05, 3.63) is 59.7 Å². The van der Waals surface area contributed by atoms with Gasteiger partial charge >= 0.3 is 0 Å². The fourth-order valence-corrected chi connectivity index (χ4v) is 6.03. The van der Waals surface area contributed by atoms with Gasteiger partial charge in [0, 0.05) is 37.3 Å². The van der Waals surface area contributed by atoms with Crippen LogP contribution in [0.2, 0.25) is 0 Å². The van der Waals surface area contributed by atoms with Crippen LogP contribution in [0.5, 0.6) is 11.5 Å². The number of nitrogens with zero attached hydrogens (tertiary/aromatic N) is 2. The summed E-state index contributed by atoms with van der Waals surface area (Å²) in [4.78, 5) is 17.9. The van der Waals surface area contributed by atoms with Crippen LogP contribution in [-0.2, 0) is 4.79 Å². The van der Waals surface area contributed by atoms with Crippen molar-refractivity contribution >= 4 is 17.7 Å². The molecule has 1 aliphatic heterocycles. The first kappa shape index (κ1) is 26.1. The Bertz CT molecular complexity index is 1060. The summed E-state index contributed by atoms with van der Waals surface area (Å²) < 4.78 is 10.7. The minimum absolute atomic E-state index is 0.0322. The zero-order valence-electron chi connectivity index (χ0n) is 22.1. The highest BCUT2D eigenvalue weighted by Gasteiger charge is 2.49. The van der Waals surface area contributed by atoms with E-state index >= 15 is 0 Å². The SMILES string of the molecule is CCN(CC)c1ccc([C@H]2[C@@H]3CCCC[C@]3(O)CCN2C(=O)C=Cc2ccc(OC)c(OC)c2)cc1. The minimum Gasteiger partial charge on any atom is -0.493 e. The monoisotopic (exact) mass is 492 g/mol. The lowest BCUT2D eigenvalue weighted by atomic mass is 9.66. The highest BCUT2D eigenvalue weighted by Crippen LogP contribution is 2.49. The molecule has 1 saturated heterocycles. The lowest BCUT2D eigenvalue weighted by Gasteiger charge is -2.52. The number of amides is 1. The Morgan fingerprint density at radius 3 is 2.44 bits per heavy atom. The molecule has 0 bridgehead atoms. The first-order valence-corrected chi connectivity index (χ1v) is 13.2. The van der Waals surface area contributed by atoms with E-state index in [0.29, 0.717) is 24.5 Å². The number of likely N-dealkylation sites (tertiary alicyclic amines) is 1. The normalized spacial score (nSPS) is 23.9. The van der Waals surface area contributed by atoms with Gasteiger partial charge < -0.3 is 24.4 Å². The van der Waals surface area contributed by atoms with E-state index in [0.717, 1.165) is 49.9 Å². The Kier molecular flexibility index (Phi) is 8.24. The number of piperidine rings is 1. The maximum Gasteiger partial charge on any atom is 0.247 e. The number of ether oxygens (including phenoxy) is 2. The summed E-state index contributed by atoms with van der Waals surface area (Å²) >= 11 is 0. The van der Waals surface area contributed by atoms with Gasteiger partial charge in [0.15, 0.2) is 11.5 Å². The first-order chi connectivity index (χ1) is 17.4. The van der Waals surface area contributed by atoms with Crippen LogP contribution >= 0.6 is 0 Å². The smallest absolute Gasteiger partial charge is 0.247 e. The second-order valence-corrected chi connectivity index (χ2v) is 9.89. The van der Waals surface area contributed by atoms with Gasteiger partial charge in [0.2, 0.25) is 5.91 Å². The molecular weight excluding hydrogens is 452 g/mol. The molecule has 2 fully saturated rings. The molecule has 3 atom stereocenters. The van der Waals surface area contributed by atoms with Gasteiger partial charge in [-0.25, -0.2) is 0 Å². The van der Waals surface area contributed by atoms with Crippen molar-refractivity contribution in [2.45, 2.75) is 57.6 Å². The summed E-state index contributed by atoms with van der Waals surface area (Å²) in [6, 6.07) is 14.1. The lowest BCUT2D eigenvalue weighted by Crippen LogP contribution is -2.56. The number of carbonyl (C=O) groups is 1. The van der Waals surface area contributed by atoms with Crippen molar-refractivity contribution in [3.8, 4) is 11.5 Å². The fraction of sp³-hybridized carbons (Fsp3) is 0.500. The Morgan fingerprint density at radius 1 is 1.06 bits per heavy atom. The summed E-state index contributed by atoms with van der Waals surface area (Å²) in [5.41, 5.74) is 2.45. The Morgan fingerprint density at radius 2 is 1.78 bits per heavy atom. The van der Waals surface area contributed by atoms with Crippen LogP contribution in [0.1, 0.15) is 63.1 Å². The predicted octanol–water partition coefficient (Wildman–Crippen LogP) is 5.46. The molecule has 194 valence electrons. The zero-order valence-corrected chi connectivity index (χ0v) is 22.1. The maximum atomic E-state index is 13.6. The highest BCUT2D eigenvalue weighted by molar-refractivity contribution is 5.92. The van der Waals surface area contributed by atoms with Gasteiger partial charge in [-0.3, -0.25) is 4.79 Å². The van der Waals surface area contributed by atoms with Gasteiger partial charge in [0.1, 0.15) is 0 Å². The summed E-state index contributed by atoms with van der Waals surface area (Å²) in [6.45, 7) is 6.77. The standard InChI is InChI=1S/C30H40N2O4/c1-5-31(6-2)24-14-12-23(13-15-24)29-25-9-7-8-18-30(25,34)19-20-32(29)28(33)17-11-22-10-16-26(35-3)27(21-22)36-4/h10-17,21,25,29,34H,5-9,18-20H2,1-4H3/t25-,29-,30-/m0/s1. The third-order valence-corrected chi connectivity index (χ3v) is 8.04. The van der Waals surface area contributed by atoms with Crippen LogP contribution in [-0.4, -0.2) is 55.4 Å². The second-order valence-electron chi connectivity index (χ2n) is 9.89. The predicted molar refractivity (Wildman–Crippen MR) is 145 cm³/mol. The summed E-state index contributed by atoms with van der Waals surface area (Å²) in [5, 5.41) is 11.6. The lowest BCUT2D eigenvalue weighted by molar-refractivity contribution is -0.150. The summed E-state index contributed by atoms with van der Waals surface area (Å²) in [7, 11) is 3.21. The highest BCUT2D eigenvalue weighted by atomic mass is 16.5. The molecule has 2 aliphatic rings. The van der Waals surface area contributed by atoms with Crippen LogP contribution in [0, 0.1) is 5.92 Å². The molecule has 1 heterocycles. The van der Waals surface area contributed by atoms with Crippen LogP contribution in [0.3, 0.4) is 0 Å². The molecule has 0 unspecified atom stereocenters. The molecule has 6 nitrogen and oxygen atoms in total. The van der Waals surface area contributed by atoms with Crippen molar-refractivity contribution in [1.82, 2.24) is 4.90 Å². The minimum atomic E-state index is -0.704. The van der Waals surface area contributed by atoms with E-state index in [-0.39, 0.29) is 17.9 Å². The van der Waals surface area contributed by atoms with Crippen molar-refractivity contribution in [2.24, 2.45) is 5.92 Å². The number of benzene rings is 2. The van der Waals surface area contributed by atoms with Crippen molar-refractivity contribution in [1.29, 1.82) is 0 Å². The van der Waals surface area contributed by atoms with Crippen LogP contribution < -0.4 is 14.4 Å². The van der Waals surface area contributed by atoms with Crippen molar-refractivity contribution < 1.29 is 19.4 Å². The number of fused-ring (bicyclic) bond motifs is 1. The quantitative estimate of drug-likeness (QED) is 0.496. The number of rotatable bonds is 8. The van der Waals surface area contributed by atoms with E-state index < -0.39 is 5.60 Å². The molecule has 0 aromatic heterocycles. The van der Waals surface area contributed by atoms with Crippen LogP contribution in [0.25, 0.3) is 6.08 Å². The molecule has 4 rings (SSSR count). The topological polar surface area (TPSA) is 62.2 Å². The molecule has 6 heteroatoms. The molecule has 2 aromatic rings. The second kappa shape index (κ2) is 11.4. The van der Waals surface area contributed by atoms with Crippen molar-refractivity contribution in [3.63, 3.8) is 0 Å². The zero-order chi connectivity index (χ0) is 25.7. The summed E-state index contributed by atoms with van der Waals surface area (Å²) in [5.74, 6) is 1.29. The molecule has 1 aliphatic carbocycles. The number of methoxy groups -OCH3 is 2. The molecule has 0 spiro atoms. The van der Waals surface area contributed by atoms with E-state index in [4.69, 9.17) is 9.47 Å². The maximum absolute atomic E-state index is 13.6. The van der Waals surface area contributed by atoms with E-state index in [1.54, 1.807) is 20.3 Å². The third-order valence-electron chi connectivity index (χ3n) is 8.04. The number of hydrogen-bond donors (Lipinski definition) is 1. The van der Waals surface area contributed by atoms with E-state index in [9.17, 15) is 9.90 Å².